The number of hydrogen-bond donors (Lipinski definition) is 0. The van der Waals surface area contributed by atoms with Crippen LogP contribution in [0.25, 0.3) is 10.9 Å². The molecule has 2 aromatic carbocycles. The summed E-state index contributed by atoms with van der Waals surface area (Å²) in [5.74, 6) is -1.97. The SMILES string of the molecule is O=C(N1CCN(c2cc(Br)cc3c2c(C(F)F)cn3S(=O)(=O)c2cccc(Cl)c2)CC1)C(F)(F)F. The summed E-state index contributed by atoms with van der Waals surface area (Å²) in [5, 5.41) is 0.0918. The highest BCUT2D eigenvalue weighted by Gasteiger charge is 2.43. The predicted octanol–water partition coefficient (Wildman–Crippen LogP) is 5.44. The van der Waals surface area contributed by atoms with Crippen molar-refractivity contribution in [1.29, 1.82) is 0 Å². The lowest BCUT2D eigenvalue weighted by atomic mass is 10.1. The monoisotopic (exact) mass is 599 g/mol. The van der Waals surface area contributed by atoms with Gasteiger partial charge in [0.2, 0.25) is 0 Å². The van der Waals surface area contributed by atoms with E-state index in [9.17, 15) is 35.2 Å². The van der Waals surface area contributed by atoms with Gasteiger partial charge in [0.05, 0.1) is 10.4 Å². The van der Waals surface area contributed by atoms with Gasteiger partial charge in [0.25, 0.3) is 16.4 Å². The molecule has 1 saturated heterocycles. The van der Waals surface area contributed by atoms with Gasteiger partial charge in [-0.1, -0.05) is 33.6 Å². The van der Waals surface area contributed by atoms with E-state index in [1.165, 1.54) is 36.4 Å². The maximum atomic E-state index is 14.1. The second kappa shape index (κ2) is 9.25. The maximum Gasteiger partial charge on any atom is 0.471 e. The summed E-state index contributed by atoms with van der Waals surface area (Å²) >= 11 is 9.19. The van der Waals surface area contributed by atoms with Crippen molar-refractivity contribution in [3.63, 3.8) is 0 Å². The molecule has 35 heavy (non-hydrogen) atoms. The van der Waals surface area contributed by atoms with Crippen LogP contribution in [-0.4, -0.2) is 55.6 Å². The number of carbonyl (C=O) groups excluding carboxylic acids is 1. The molecule has 0 spiro atoms. The molecule has 14 heteroatoms. The molecular formula is C21H16BrClF5N3O3S. The molecule has 0 saturated carbocycles. The minimum Gasteiger partial charge on any atom is -0.367 e. The van der Waals surface area contributed by atoms with Crippen LogP contribution in [0, 0.1) is 0 Å². The van der Waals surface area contributed by atoms with E-state index in [0.29, 0.717) is 9.37 Å². The normalized spacial score (nSPS) is 15.3. The first-order chi connectivity index (χ1) is 16.3. The zero-order valence-corrected chi connectivity index (χ0v) is 20.7. The smallest absolute Gasteiger partial charge is 0.367 e. The first kappa shape index (κ1) is 25.7. The highest BCUT2D eigenvalue weighted by atomic mass is 79.9. The number of benzene rings is 2. The fraction of sp³-hybridized carbons (Fsp3) is 0.286. The van der Waals surface area contributed by atoms with Gasteiger partial charge < -0.3 is 9.80 Å². The standard InChI is InChI=1S/C21H16BrClF5N3O3S/c22-12-8-16(29-4-6-30(7-5-29)20(32)21(26,27)28)18-15(19(24)25)11-31(17(18)9-12)35(33,34)14-3-1-2-13(23)10-14/h1-3,8-11,19H,4-7H2. The molecule has 0 atom stereocenters. The van der Waals surface area contributed by atoms with Gasteiger partial charge in [-0.05, 0) is 30.3 Å². The lowest BCUT2D eigenvalue weighted by molar-refractivity contribution is -0.185. The average Bonchev–Trinajstić information content (AvgIpc) is 3.18. The lowest BCUT2D eigenvalue weighted by Crippen LogP contribution is -2.52. The van der Waals surface area contributed by atoms with Crippen molar-refractivity contribution >= 4 is 60.1 Å². The Morgan fingerprint density at radius 2 is 1.71 bits per heavy atom. The van der Waals surface area contributed by atoms with Gasteiger partial charge in [0, 0.05) is 58.5 Å². The molecule has 1 aromatic heterocycles. The molecule has 0 bridgehead atoms. The van der Waals surface area contributed by atoms with Crippen LogP contribution in [-0.2, 0) is 14.8 Å². The molecule has 6 nitrogen and oxygen atoms in total. The fourth-order valence-electron chi connectivity index (χ4n) is 3.99. The number of anilines is 1. The molecule has 1 aliphatic rings. The van der Waals surface area contributed by atoms with Gasteiger partial charge >= 0.3 is 12.1 Å². The first-order valence-electron chi connectivity index (χ1n) is 10.1. The minimum atomic E-state index is -5.01. The van der Waals surface area contributed by atoms with E-state index in [1.807, 2.05) is 0 Å². The van der Waals surface area contributed by atoms with Crippen molar-refractivity contribution in [2.24, 2.45) is 0 Å². The van der Waals surface area contributed by atoms with Crippen molar-refractivity contribution in [1.82, 2.24) is 8.87 Å². The number of alkyl halides is 5. The molecule has 2 heterocycles. The quantitative estimate of drug-likeness (QED) is 0.374. The molecule has 1 aliphatic heterocycles. The molecule has 0 unspecified atom stereocenters. The van der Waals surface area contributed by atoms with Crippen LogP contribution in [0.5, 0.6) is 0 Å². The summed E-state index contributed by atoms with van der Waals surface area (Å²) in [6.45, 7) is -0.694. The Hall–Kier alpha value is -2.38. The number of halogens is 7. The largest absolute Gasteiger partial charge is 0.471 e. The number of amides is 1. The van der Waals surface area contributed by atoms with Crippen LogP contribution in [0.15, 0.2) is 52.0 Å². The minimum absolute atomic E-state index is 0.0431. The van der Waals surface area contributed by atoms with Gasteiger partial charge in [-0.2, -0.15) is 13.2 Å². The predicted molar refractivity (Wildman–Crippen MR) is 123 cm³/mol. The van der Waals surface area contributed by atoms with E-state index in [2.05, 4.69) is 15.9 Å². The first-order valence-corrected chi connectivity index (χ1v) is 12.7. The Morgan fingerprint density at radius 1 is 1.06 bits per heavy atom. The fourth-order valence-corrected chi connectivity index (χ4v) is 6.09. The zero-order valence-electron chi connectivity index (χ0n) is 17.6. The topological polar surface area (TPSA) is 62.6 Å². The molecule has 1 amide bonds. The number of nitrogens with zero attached hydrogens (tertiary/aromatic N) is 3. The third kappa shape index (κ3) is 4.85. The highest BCUT2D eigenvalue weighted by molar-refractivity contribution is 9.10. The van der Waals surface area contributed by atoms with Crippen molar-refractivity contribution in [2.75, 3.05) is 31.1 Å². The molecule has 4 rings (SSSR count). The molecular weight excluding hydrogens is 585 g/mol. The van der Waals surface area contributed by atoms with Crippen LogP contribution >= 0.6 is 27.5 Å². The Bertz CT molecular complexity index is 1400. The summed E-state index contributed by atoms with van der Waals surface area (Å²) in [6.07, 6.45) is -7.22. The number of fused-ring (bicyclic) bond motifs is 1. The van der Waals surface area contributed by atoms with Crippen LogP contribution < -0.4 is 4.90 Å². The Balaban J connectivity index is 1.81. The lowest BCUT2D eigenvalue weighted by Gasteiger charge is -2.36. The van der Waals surface area contributed by atoms with E-state index < -0.39 is 34.1 Å². The van der Waals surface area contributed by atoms with Crippen LogP contribution in [0.1, 0.15) is 12.0 Å². The van der Waals surface area contributed by atoms with E-state index in [1.54, 1.807) is 4.90 Å². The average molecular weight is 601 g/mol. The van der Waals surface area contributed by atoms with Gasteiger partial charge in [-0.3, -0.25) is 4.79 Å². The molecule has 3 aromatic rings. The van der Waals surface area contributed by atoms with Crippen LogP contribution in [0.4, 0.5) is 27.6 Å². The third-order valence-electron chi connectivity index (χ3n) is 5.58. The van der Waals surface area contributed by atoms with Gasteiger partial charge in [0.15, 0.2) is 0 Å². The summed E-state index contributed by atoms with van der Waals surface area (Å²) in [6, 6.07) is 8.22. The maximum absolute atomic E-state index is 14.1. The number of hydrogen-bond acceptors (Lipinski definition) is 4. The van der Waals surface area contributed by atoms with Crippen LogP contribution in [0.3, 0.4) is 0 Å². The van der Waals surface area contributed by atoms with Crippen molar-refractivity contribution in [2.45, 2.75) is 17.5 Å². The highest BCUT2D eigenvalue weighted by Crippen LogP contribution is 2.40. The summed E-state index contributed by atoms with van der Waals surface area (Å²) < 4.78 is 94.2. The molecule has 0 radical (unpaired) electrons. The molecule has 0 aliphatic carbocycles. The number of rotatable bonds is 4. The second-order valence-electron chi connectivity index (χ2n) is 7.74. The van der Waals surface area contributed by atoms with E-state index in [4.69, 9.17) is 11.6 Å². The molecule has 188 valence electrons. The van der Waals surface area contributed by atoms with Crippen molar-refractivity contribution < 1.29 is 35.2 Å². The number of carbonyl (C=O) groups is 1. The summed E-state index contributed by atoms with van der Waals surface area (Å²) in [4.78, 5) is 13.5. The Labute approximate surface area is 210 Å². The summed E-state index contributed by atoms with van der Waals surface area (Å²) in [7, 11) is -4.32. The molecule has 0 N–H and O–H groups in total. The third-order valence-corrected chi connectivity index (χ3v) is 7.94. The van der Waals surface area contributed by atoms with Gasteiger partial charge in [-0.25, -0.2) is 21.2 Å². The number of piperazine rings is 1. The van der Waals surface area contributed by atoms with Gasteiger partial charge in [0.1, 0.15) is 0 Å². The van der Waals surface area contributed by atoms with E-state index in [-0.39, 0.29) is 52.7 Å². The summed E-state index contributed by atoms with van der Waals surface area (Å²) in [5.41, 5.74) is -0.385. The van der Waals surface area contributed by atoms with Gasteiger partial charge in [-0.15, -0.1) is 0 Å². The van der Waals surface area contributed by atoms with Crippen molar-refractivity contribution in [3.8, 4) is 0 Å². The van der Waals surface area contributed by atoms with Crippen LogP contribution in [0.2, 0.25) is 5.02 Å². The Kier molecular flexibility index (Phi) is 6.79. The Morgan fingerprint density at radius 3 is 2.29 bits per heavy atom. The molecule has 1 fully saturated rings. The van der Waals surface area contributed by atoms with Crippen molar-refractivity contribution in [3.05, 3.63) is 57.7 Å². The second-order valence-corrected chi connectivity index (χ2v) is 10.9. The van der Waals surface area contributed by atoms with E-state index >= 15 is 0 Å². The van der Waals surface area contributed by atoms with E-state index in [0.717, 1.165) is 10.2 Å². The zero-order chi connectivity index (χ0) is 25.7. The number of aromatic nitrogens is 1.